The van der Waals surface area contributed by atoms with Crippen molar-refractivity contribution in [3.05, 3.63) is 51.9 Å². The van der Waals surface area contributed by atoms with E-state index in [0.717, 1.165) is 17.3 Å². The molecular formula is C23H25F5N4O2. The van der Waals surface area contributed by atoms with Gasteiger partial charge in [0.1, 0.15) is 0 Å². The molecule has 184 valence electrons. The second-order valence-electron chi connectivity index (χ2n) is 8.79. The van der Waals surface area contributed by atoms with Crippen LogP contribution in [0.4, 0.5) is 22.0 Å². The van der Waals surface area contributed by atoms with E-state index in [9.17, 15) is 31.5 Å². The first-order chi connectivity index (χ1) is 16.1. The molecule has 0 bridgehead atoms. The van der Waals surface area contributed by atoms with E-state index >= 15 is 0 Å². The molecule has 3 aliphatic rings. The number of hydrogen-bond donors (Lipinski definition) is 1. The average molecular weight is 484 g/mol. The van der Waals surface area contributed by atoms with Gasteiger partial charge in [-0.2, -0.15) is 18.3 Å². The van der Waals surface area contributed by atoms with Crippen molar-refractivity contribution in [2.24, 2.45) is 5.92 Å². The Morgan fingerprint density at radius 2 is 1.79 bits per heavy atom. The van der Waals surface area contributed by atoms with Gasteiger partial charge in [-0.3, -0.25) is 14.7 Å². The lowest BCUT2D eigenvalue weighted by Gasteiger charge is -2.33. The molecule has 6 nitrogen and oxygen atoms in total. The van der Waals surface area contributed by atoms with Gasteiger partial charge in [-0.05, 0) is 24.8 Å². The zero-order valence-corrected chi connectivity index (χ0v) is 18.6. The number of allylic oxidation sites excluding steroid dienone is 6. The maximum Gasteiger partial charge on any atom is 0.415 e. The van der Waals surface area contributed by atoms with Gasteiger partial charge in [0, 0.05) is 38.0 Å². The van der Waals surface area contributed by atoms with Crippen LogP contribution in [0.25, 0.3) is 0 Å². The topological polar surface area (TPSA) is 69.3 Å². The highest BCUT2D eigenvalue weighted by Crippen LogP contribution is 2.41. The number of aromatic nitrogens is 2. The average Bonchev–Trinajstić information content (AvgIpc) is 3.35. The van der Waals surface area contributed by atoms with Gasteiger partial charge in [0.15, 0.2) is 11.7 Å². The molecule has 1 aliphatic carbocycles. The molecule has 1 N–H and O–H groups in total. The quantitative estimate of drug-likeness (QED) is 0.644. The van der Waals surface area contributed by atoms with Crippen LogP contribution in [0.2, 0.25) is 0 Å². The molecule has 2 amide bonds. The summed E-state index contributed by atoms with van der Waals surface area (Å²) >= 11 is 0. The van der Waals surface area contributed by atoms with E-state index in [2.05, 4.69) is 10.2 Å². The fraction of sp³-hybridized carbons (Fsp3) is 0.522. The van der Waals surface area contributed by atoms with E-state index in [1.807, 2.05) is 0 Å². The van der Waals surface area contributed by atoms with Crippen LogP contribution in [0.5, 0.6) is 0 Å². The Bertz CT molecular complexity index is 1080. The van der Waals surface area contributed by atoms with Crippen molar-refractivity contribution in [2.45, 2.75) is 58.3 Å². The van der Waals surface area contributed by atoms with Gasteiger partial charge in [-0.25, -0.2) is 8.78 Å². The number of rotatable bonds is 4. The lowest BCUT2D eigenvalue weighted by Crippen LogP contribution is -2.40. The van der Waals surface area contributed by atoms with Gasteiger partial charge < -0.3 is 9.80 Å². The summed E-state index contributed by atoms with van der Waals surface area (Å²) in [4.78, 5) is 28.1. The zero-order chi connectivity index (χ0) is 24.6. The number of nitrogens with zero attached hydrogens (tertiary/aromatic N) is 3. The first-order valence-electron chi connectivity index (χ1n) is 11.2. The third kappa shape index (κ3) is 4.78. The van der Waals surface area contributed by atoms with Crippen molar-refractivity contribution >= 4 is 11.8 Å². The maximum atomic E-state index is 13.9. The zero-order valence-electron chi connectivity index (χ0n) is 18.6. The Hall–Kier alpha value is -2.98. The van der Waals surface area contributed by atoms with Crippen molar-refractivity contribution in [3.63, 3.8) is 0 Å². The van der Waals surface area contributed by atoms with Crippen molar-refractivity contribution in [3.8, 4) is 0 Å². The van der Waals surface area contributed by atoms with E-state index in [1.165, 1.54) is 6.08 Å². The Morgan fingerprint density at radius 1 is 1.09 bits per heavy atom. The maximum absolute atomic E-state index is 13.9. The second-order valence-corrected chi connectivity index (χ2v) is 8.79. The van der Waals surface area contributed by atoms with Crippen molar-refractivity contribution in [1.82, 2.24) is 20.0 Å². The van der Waals surface area contributed by atoms with E-state index in [-0.39, 0.29) is 24.2 Å². The third-order valence-corrected chi connectivity index (χ3v) is 6.72. The summed E-state index contributed by atoms with van der Waals surface area (Å²) < 4.78 is 67.2. The van der Waals surface area contributed by atoms with Crippen LogP contribution in [0.15, 0.2) is 35.0 Å². The number of likely N-dealkylation sites (tertiary alicyclic amines) is 1. The SMILES string of the molecule is CCC(=O)N1Cc2[nH]nc(CC(=O)N3CCC(C4=CC=C(F)C(F)=C(C(F)(F)F)C4)CC3)c2C1. The number of aromatic amines is 1. The number of nitrogens with one attached hydrogen (secondary N) is 1. The Labute approximate surface area is 193 Å². The molecule has 2 aliphatic heterocycles. The summed E-state index contributed by atoms with van der Waals surface area (Å²) in [5.41, 5.74) is 1.08. The van der Waals surface area contributed by atoms with Crippen LogP contribution >= 0.6 is 0 Å². The number of carbonyl (C=O) groups is 2. The van der Waals surface area contributed by atoms with Crippen molar-refractivity contribution in [2.75, 3.05) is 13.1 Å². The number of fused-ring (bicyclic) bond motifs is 1. The second kappa shape index (κ2) is 9.34. The summed E-state index contributed by atoms with van der Waals surface area (Å²) in [5, 5.41) is 7.13. The van der Waals surface area contributed by atoms with E-state index in [4.69, 9.17) is 0 Å². The molecular weight excluding hydrogens is 459 g/mol. The molecule has 1 saturated heterocycles. The summed E-state index contributed by atoms with van der Waals surface area (Å²) in [6.07, 6.45) is -2.44. The van der Waals surface area contributed by atoms with Gasteiger partial charge in [0.05, 0.1) is 29.9 Å². The molecule has 1 aromatic heterocycles. The monoisotopic (exact) mass is 484 g/mol. The van der Waals surface area contributed by atoms with Crippen LogP contribution in [-0.4, -0.2) is 51.1 Å². The predicted octanol–water partition coefficient (Wildman–Crippen LogP) is 4.41. The standard InChI is InChI=1S/C23H25F5N4O2/c1-2-20(33)32-11-15-18(29-30-19(15)12-32)10-21(34)31-7-5-13(6-8-31)14-3-4-17(24)22(25)16(9-14)23(26,27)28/h3-4,13H,2,5-12H2,1H3,(H,29,30). The first kappa shape index (κ1) is 24.2. The molecule has 0 radical (unpaired) electrons. The highest BCUT2D eigenvalue weighted by atomic mass is 19.4. The summed E-state index contributed by atoms with van der Waals surface area (Å²) in [7, 11) is 0. The number of amides is 2. The molecule has 11 heteroatoms. The van der Waals surface area contributed by atoms with Crippen LogP contribution in [0, 0.1) is 5.92 Å². The minimum absolute atomic E-state index is 0.0231. The van der Waals surface area contributed by atoms with Gasteiger partial charge >= 0.3 is 6.18 Å². The number of H-pyrrole nitrogens is 1. The number of alkyl halides is 3. The van der Waals surface area contributed by atoms with E-state index in [1.54, 1.807) is 16.7 Å². The lowest BCUT2D eigenvalue weighted by atomic mass is 9.85. The summed E-state index contributed by atoms with van der Waals surface area (Å²) in [6, 6.07) is 0. The number of halogens is 5. The predicted molar refractivity (Wildman–Crippen MR) is 112 cm³/mol. The van der Waals surface area contributed by atoms with E-state index in [0.29, 0.717) is 56.7 Å². The van der Waals surface area contributed by atoms with Crippen molar-refractivity contribution in [1.29, 1.82) is 0 Å². The highest BCUT2D eigenvalue weighted by Gasteiger charge is 2.40. The van der Waals surface area contributed by atoms with Gasteiger partial charge in [0.25, 0.3) is 0 Å². The molecule has 0 atom stereocenters. The van der Waals surface area contributed by atoms with Crippen molar-refractivity contribution < 1.29 is 31.5 Å². The first-order valence-corrected chi connectivity index (χ1v) is 11.2. The van der Waals surface area contributed by atoms with E-state index < -0.39 is 29.8 Å². The van der Waals surface area contributed by atoms with Gasteiger partial charge in [0.2, 0.25) is 11.8 Å². The lowest BCUT2D eigenvalue weighted by molar-refractivity contribution is -0.132. The molecule has 0 saturated carbocycles. The smallest absolute Gasteiger partial charge is 0.342 e. The molecule has 0 aromatic carbocycles. The molecule has 3 heterocycles. The fourth-order valence-electron chi connectivity index (χ4n) is 4.74. The molecule has 1 aromatic rings. The number of hydrogen-bond acceptors (Lipinski definition) is 3. The number of carbonyl (C=O) groups excluding carboxylic acids is 2. The molecule has 0 spiro atoms. The minimum atomic E-state index is -4.96. The number of piperidine rings is 1. The van der Waals surface area contributed by atoms with Crippen LogP contribution in [0.1, 0.15) is 49.6 Å². The third-order valence-electron chi connectivity index (χ3n) is 6.72. The van der Waals surface area contributed by atoms with Crippen LogP contribution in [0.3, 0.4) is 0 Å². The molecule has 0 unspecified atom stereocenters. The van der Waals surface area contributed by atoms with Gasteiger partial charge in [-0.1, -0.05) is 18.6 Å². The minimum Gasteiger partial charge on any atom is -0.342 e. The Balaban J connectivity index is 1.36. The highest BCUT2D eigenvalue weighted by molar-refractivity contribution is 5.79. The molecule has 1 fully saturated rings. The van der Waals surface area contributed by atoms with Gasteiger partial charge in [-0.15, -0.1) is 0 Å². The molecule has 34 heavy (non-hydrogen) atoms. The Morgan fingerprint density at radius 3 is 2.44 bits per heavy atom. The molecule has 4 rings (SSSR count). The largest absolute Gasteiger partial charge is 0.415 e. The normalized spacial score (nSPS) is 19.7. The summed E-state index contributed by atoms with van der Waals surface area (Å²) in [5.74, 6) is -3.83. The van der Waals surface area contributed by atoms with Crippen LogP contribution in [-0.2, 0) is 29.1 Å². The fourth-order valence-corrected chi connectivity index (χ4v) is 4.74. The van der Waals surface area contributed by atoms with Crippen LogP contribution < -0.4 is 0 Å². The summed E-state index contributed by atoms with van der Waals surface area (Å²) in [6.45, 7) is 3.29. The Kier molecular flexibility index (Phi) is 6.64.